The average molecular weight is 273 g/mol. The van der Waals surface area contributed by atoms with Gasteiger partial charge in [0.1, 0.15) is 11.9 Å². The summed E-state index contributed by atoms with van der Waals surface area (Å²) >= 11 is 0. The van der Waals surface area contributed by atoms with Gasteiger partial charge >= 0.3 is 0 Å². The Morgan fingerprint density at radius 1 is 1.35 bits per heavy atom. The van der Waals surface area contributed by atoms with Crippen LogP contribution in [0.3, 0.4) is 0 Å². The van der Waals surface area contributed by atoms with E-state index in [0.717, 1.165) is 18.1 Å². The third-order valence-electron chi connectivity index (χ3n) is 5.33. The molecule has 1 aliphatic heterocycles. The van der Waals surface area contributed by atoms with Crippen molar-refractivity contribution in [3.05, 3.63) is 29.3 Å². The molecule has 3 atom stereocenters. The van der Waals surface area contributed by atoms with Crippen molar-refractivity contribution in [2.24, 2.45) is 11.3 Å². The fourth-order valence-electron chi connectivity index (χ4n) is 4.21. The van der Waals surface area contributed by atoms with Crippen molar-refractivity contribution >= 4 is 0 Å². The molecule has 2 nitrogen and oxygen atoms in total. The summed E-state index contributed by atoms with van der Waals surface area (Å²) in [6.45, 7) is 7.00. The van der Waals surface area contributed by atoms with Gasteiger partial charge in [0.05, 0.1) is 0 Å². The Labute approximate surface area is 122 Å². The summed E-state index contributed by atoms with van der Waals surface area (Å²) in [7, 11) is 2.10. The molecule has 1 heterocycles. The number of fused-ring (bicyclic) bond motifs is 1. The van der Waals surface area contributed by atoms with Gasteiger partial charge in [0, 0.05) is 12.5 Å². The van der Waals surface area contributed by atoms with Crippen LogP contribution in [0.15, 0.2) is 18.2 Å². The molecule has 0 bridgehead atoms. The maximum atomic E-state index is 5.82. The second kappa shape index (κ2) is 5.07. The molecular formula is C18H27NO. The fourth-order valence-corrected chi connectivity index (χ4v) is 4.21. The first-order chi connectivity index (χ1) is 9.51. The van der Waals surface area contributed by atoms with Crippen molar-refractivity contribution in [2.75, 3.05) is 7.05 Å². The highest BCUT2D eigenvalue weighted by molar-refractivity contribution is 5.41. The largest absolute Gasteiger partial charge is 0.490 e. The van der Waals surface area contributed by atoms with E-state index in [1.54, 1.807) is 0 Å². The van der Waals surface area contributed by atoms with Gasteiger partial charge in [-0.3, -0.25) is 0 Å². The SMILES string of the molecule is CNC(c1ccc2c(c1)CC(C)O2)C1CCCC1(C)C. The Hall–Kier alpha value is -1.02. The highest BCUT2D eigenvalue weighted by atomic mass is 16.5. The first-order valence-electron chi connectivity index (χ1n) is 7.98. The zero-order chi connectivity index (χ0) is 14.3. The van der Waals surface area contributed by atoms with Crippen molar-refractivity contribution in [2.45, 2.75) is 58.6 Å². The number of rotatable bonds is 3. The fraction of sp³-hybridized carbons (Fsp3) is 0.667. The van der Waals surface area contributed by atoms with Crippen LogP contribution in [0.2, 0.25) is 0 Å². The van der Waals surface area contributed by atoms with Crippen molar-refractivity contribution < 1.29 is 4.74 Å². The summed E-state index contributed by atoms with van der Waals surface area (Å²) in [5.41, 5.74) is 3.26. The van der Waals surface area contributed by atoms with E-state index in [0.29, 0.717) is 17.6 Å². The molecule has 20 heavy (non-hydrogen) atoms. The smallest absolute Gasteiger partial charge is 0.123 e. The summed E-state index contributed by atoms with van der Waals surface area (Å²) in [6, 6.07) is 7.26. The van der Waals surface area contributed by atoms with E-state index in [2.05, 4.69) is 51.3 Å². The molecule has 110 valence electrons. The van der Waals surface area contributed by atoms with Gasteiger partial charge in [-0.1, -0.05) is 32.4 Å². The van der Waals surface area contributed by atoms with Crippen LogP contribution in [0.25, 0.3) is 0 Å². The Morgan fingerprint density at radius 3 is 2.80 bits per heavy atom. The maximum absolute atomic E-state index is 5.82. The molecule has 0 saturated heterocycles. The van der Waals surface area contributed by atoms with Crippen molar-refractivity contribution in [1.29, 1.82) is 0 Å². The molecule has 0 radical (unpaired) electrons. The summed E-state index contributed by atoms with van der Waals surface area (Å²) in [6.07, 6.45) is 5.43. The normalized spacial score (nSPS) is 29.0. The second-order valence-electron chi connectivity index (χ2n) is 7.25. The lowest BCUT2D eigenvalue weighted by molar-refractivity contribution is 0.203. The quantitative estimate of drug-likeness (QED) is 0.895. The number of benzene rings is 1. The Bertz CT molecular complexity index is 494. The molecule has 0 amide bonds. The van der Waals surface area contributed by atoms with Crippen LogP contribution in [-0.2, 0) is 6.42 Å². The van der Waals surface area contributed by atoms with E-state index in [9.17, 15) is 0 Å². The third kappa shape index (κ3) is 2.35. The van der Waals surface area contributed by atoms with Crippen LogP contribution in [0.5, 0.6) is 5.75 Å². The van der Waals surface area contributed by atoms with Crippen LogP contribution in [0.1, 0.15) is 57.2 Å². The van der Waals surface area contributed by atoms with E-state index >= 15 is 0 Å². The average Bonchev–Trinajstić information content (AvgIpc) is 2.92. The van der Waals surface area contributed by atoms with Gasteiger partial charge in [-0.15, -0.1) is 0 Å². The number of nitrogens with one attached hydrogen (secondary N) is 1. The molecule has 1 saturated carbocycles. The van der Waals surface area contributed by atoms with E-state index < -0.39 is 0 Å². The molecule has 2 heteroatoms. The van der Waals surface area contributed by atoms with E-state index in [1.807, 2.05) is 0 Å². The lowest BCUT2D eigenvalue weighted by Gasteiger charge is -2.34. The second-order valence-corrected chi connectivity index (χ2v) is 7.25. The topological polar surface area (TPSA) is 21.3 Å². The van der Waals surface area contributed by atoms with Crippen LogP contribution >= 0.6 is 0 Å². The molecule has 1 aliphatic carbocycles. The van der Waals surface area contributed by atoms with E-state index in [-0.39, 0.29) is 0 Å². The standard InChI is InChI=1S/C18H27NO/c1-12-10-14-11-13(7-8-16(14)20-12)17(19-4)15-6-5-9-18(15,2)3/h7-8,11-12,15,17,19H,5-6,9-10H2,1-4H3. The van der Waals surface area contributed by atoms with E-state index in [1.165, 1.54) is 30.4 Å². The van der Waals surface area contributed by atoms with Crippen LogP contribution in [-0.4, -0.2) is 13.2 Å². The minimum absolute atomic E-state index is 0.330. The maximum Gasteiger partial charge on any atom is 0.123 e. The molecular weight excluding hydrogens is 246 g/mol. The molecule has 1 fully saturated rings. The summed E-state index contributed by atoms with van der Waals surface area (Å²) < 4.78 is 5.82. The molecule has 3 unspecified atom stereocenters. The van der Waals surface area contributed by atoms with Crippen molar-refractivity contribution in [1.82, 2.24) is 5.32 Å². The van der Waals surface area contributed by atoms with Crippen LogP contribution < -0.4 is 10.1 Å². The minimum Gasteiger partial charge on any atom is -0.490 e. The monoisotopic (exact) mass is 273 g/mol. The highest BCUT2D eigenvalue weighted by Crippen LogP contribution is 2.49. The van der Waals surface area contributed by atoms with E-state index in [4.69, 9.17) is 4.74 Å². The Kier molecular flexibility index (Phi) is 3.53. The summed E-state index contributed by atoms with van der Waals surface area (Å²) in [5, 5.41) is 3.58. The first-order valence-corrected chi connectivity index (χ1v) is 7.98. The van der Waals surface area contributed by atoms with Crippen molar-refractivity contribution in [3.63, 3.8) is 0 Å². The van der Waals surface area contributed by atoms with Gasteiger partial charge in [-0.05, 0) is 55.3 Å². The molecule has 0 spiro atoms. The Morgan fingerprint density at radius 2 is 2.15 bits per heavy atom. The lowest BCUT2D eigenvalue weighted by Crippen LogP contribution is -2.32. The van der Waals surface area contributed by atoms with Gasteiger partial charge in [0.2, 0.25) is 0 Å². The molecule has 0 aromatic heterocycles. The lowest BCUT2D eigenvalue weighted by atomic mass is 9.75. The predicted octanol–water partition coefficient (Wildman–Crippen LogP) is 4.10. The van der Waals surface area contributed by atoms with Gasteiger partial charge in [-0.2, -0.15) is 0 Å². The molecule has 1 aromatic rings. The number of hydrogen-bond acceptors (Lipinski definition) is 2. The molecule has 3 rings (SSSR count). The first kappa shape index (κ1) is 13.9. The molecule has 1 aromatic carbocycles. The van der Waals surface area contributed by atoms with Gasteiger partial charge < -0.3 is 10.1 Å². The zero-order valence-corrected chi connectivity index (χ0v) is 13.2. The molecule has 1 N–H and O–H groups in total. The highest BCUT2D eigenvalue weighted by Gasteiger charge is 2.39. The summed E-state index contributed by atoms with van der Waals surface area (Å²) in [4.78, 5) is 0. The third-order valence-corrected chi connectivity index (χ3v) is 5.33. The van der Waals surface area contributed by atoms with Crippen LogP contribution in [0, 0.1) is 11.3 Å². The molecule has 2 aliphatic rings. The van der Waals surface area contributed by atoms with Crippen molar-refractivity contribution in [3.8, 4) is 5.75 Å². The van der Waals surface area contributed by atoms with Gasteiger partial charge in [0.25, 0.3) is 0 Å². The zero-order valence-electron chi connectivity index (χ0n) is 13.2. The summed E-state index contributed by atoms with van der Waals surface area (Å²) in [5.74, 6) is 1.81. The van der Waals surface area contributed by atoms with Crippen LogP contribution in [0.4, 0.5) is 0 Å². The van der Waals surface area contributed by atoms with Gasteiger partial charge in [-0.25, -0.2) is 0 Å². The Balaban J connectivity index is 1.89. The predicted molar refractivity (Wildman–Crippen MR) is 83.2 cm³/mol. The minimum atomic E-state index is 0.330. The van der Waals surface area contributed by atoms with Gasteiger partial charge in [0.15, 0.2) is 0 Å². The number of hydrogen-bond donors (Lipinski definition) is 1. The number of ether oxygens (including phenoxy) is 1.